The quantitative estimate of drug-likeness (QED) is 0.689. The van der Waals surface area contributed by atoms with Crippen molar-refractivity contribution in [3.05, 3.63) is 59.4 Å². The van der Waals surface area contributed by atoms with Crippen molar-refractivity contribution >= 4 is 5.69 Å². The first-order valence-electron chi connectivity index (χ1n) is 9.97. The van der Waals surface area contributed by atoms with E-state index in [1.807, 2.05) is 16.8 Å². The molecule has 28 heavy (non-hydrogen) atoms. The van der Waals surface area contributed by atoms with Gasteiger partial charge in [0, 0.05) is 5.69 Å². The van der Waals surface area contributed by atoms with Crippen LogP contribution in [0.25, 0.3) is 5.69 Å². The average Bonchev–Trinajstić information content (AvgIpc) is 3.38. The highest BCUT2D eigenvalue weighted by Crippen LogP contribution is 2.41. The van der Waals surface area contributed by atoms with Gasteiger partial charge in [0.25, 0.3) is 0 Å². The molecular formula is C22H27N5O. The number of aromatic nitrogens is 4. The first-order valence-corrected chi connectivity index (χ1v) is 9.97. The molecule has 0 atom stereocenters. The number of hydrogen-bond donors (Lipinski definition) is 1. The van der Waals surface area contributed by atoms with Crippen molar-refractivity contribution < 1.29 is 4.74 Å². The van der Waals surface area contributed by atoms with Crippen LogP contribution in [0.1, 0.15) is 49.6 Å². The number of anilines is 1. The fourth-order valence-electron chi connectivity index (χ4n) is 4.28. The number of benzene rings is 2. The molecule has 1 fully saturated rings. The van der Waals surface area contributed by atoms with Crippen molar-refractivity contribution in [3.8, 4) is 11.4 Å². The molecule has 6 nitrogen and oxygen atoms in total. The molecule has 0 amide bonds. The van der Waals surface area contributed by atoms with E-state index >= 15 is 0 Å². The van der Waals surface area contributed by atoms with Gasteiger partial charge in [-0.15, -0.1) is 5.10 Å². The fourth-order valence-corrected chi connectivity index (χ4v) is 4.28. The largest absolute Gasteiger partial charge is 0.497 e. The van der Waals surface area contributed by atoms with Crippen molar-refractivity contribution in [1.29, 1.82) is 0 Å². The number of methoxy groups -OCH3 is 1. The first kappa shape index (κ1) is 18.5. The zero-order chi connectivity index (χ0) is 19.6. The van der Waals surface area contributed by atoms with E-state index in [9.17, 15) is 0 Å². The minimum atomic E-state index is -0.272. The van der Waals surface area contributed by atoms with E-state index < -0.39 is 0 Å². The molecule has 1 saturated carbocycles. The second-order valence-corrected chi connectivity index (χ2v) is 7.49. The Kier molecular flexibility index (Phi) is 5.03. The van der Waals surface area contributed by atoms with Crippen LogP contribution in [0.4, 0.5) is 5.69 Å². The number of aryl methyl sites for hydroxylation is 2. The number of nitrogens with one attached hydrogen (secondary N) is 1. The minimum Gasteiger partial charge on any atom is -0.497 e. The maximum absolute atomic E-state index is 5.29. The molecule has 1 N–H and O–H groups in total. The van der Waals surface area contributed by atoms with Gasteiger partial charge in [0.05, 0.1) is 18.3 Å². The number of ether oxygens (including phenoxy) is 1. The molecule has 0 bridgehead atoms. The monoisotopic (exact) mass is 377 g/mol. The number of rotatable bonds is 6. The molecule has 0 unspecified atom stereocenters. The maximum Gasteiger partial charge on any atom is 0.181 e. The Morgan fingerprint density at radius 2 is 1.86 bits per heavy atom. The molecule has 1 aliphatic carbocycles. The predicted molar refractivity (Wildman–Crippen MR) is 110 cm³/mol. The van der Waals surface area contributed by atoms with Gasteiger partial charge in [0.2, 0.25) is 0 Å². The topological polar surface area (TPSA) is 64.9 Å². The summed E-state index contributed by atoms with van der Waals surface area (Å²) in [6.45, 7) is 4.29. The van der Waals surface area contributed by atoms with Crippen LogP contribution in [0, 0.1) is 6.92 Å². The molecular weight excluding hydrogens is 350 g/mol. The maximum atomic E-state index is 5.29. The van der Waals surface area contributed by atoms with Gasteiger partial charge in [-0.25, -0.2) is 0 Å². The normalized spacial score (nSPS) is 15.5. The van der Waals surface area contributed by atoms with Crippen molar-refractivity contribution in [2.24, 2.45) is 0 Å². The summed E-state index contributed by atoms with van der Waals surface area (Å²) in [5, 5.41) is 16.8. The fraction of sp³-hybridized carbons (Fsp3) is 0.409. The van der Waals surface area contributed by atoms with Crippen molar-refractivity contribution in [1.82, 2.24) is 20.2 Å². The zero-order valence-electron chi connectivity index (χ0n) is 16.8. The molecule has 4 rings (SSSR count). The summed E-state index contributed by atoms with van der Waals surface area (Å²) in [5.41, 5.74) is 4.33. The Labute approximate surface area is 165 Å². The zero-order valence-corrected chi connectivity index (χ0v) is 16.8. The van der Waals surface area contributed by atoms with Gasteiger partial charge in [-0.05, 0) is 72.0 Å². The van der Waals surface area contributed by atoms with Crippen molar-refractivity contribution in [2.45, 2.75) is 51.5 Å². The van der Waals surface area contributed by atoms with Crippen LogP contribution in [0.3, 0.4) is 0 Å². The summed E-state index contributed by atoms with van der Waals surface area (Å²) in [5.74, 6) is 1.74. The smallest absolute Gasteiger partial charge is 0.181 e. The Bertz CT molecular complexity index is 942. The lowest BCUT2D eigenvalue weighted by molar-refractivity contribution is 0.414. The summed E-state index contributed by atoms with van der Waals surface area (Å²) in [4.78, 5) is 0. The van der Waals surface area contributed by atoms with E-state index in [0.29, 0.717) is 0 Å². The third-order valence-electron chi connectivity index (χ3n) is 5.74. The summed E-state index contributed by atoms with van der Waals surface area (Å²) in [6.07, 6.45) is 5.27. The van der Waals surface area contributed by atoms with Crippen LogP contribution in [0.5, 0.6) is 5.75 Å². The van der Waals surface area contributed by atoms with E-state index in [2.05, 4.69) is 65.0 Å². The van der Waals surface area contributed by atoms with Crippen LogP contribution >= 0.6 is 0 Å². The summed E-state index contributed by atoms with van der Waals surface area (Å²) in [6, 6.07) is 14.4. The molecule has 146 valence electrons. The number of tetrazole rings is 1. The Balaban J connectivity index is 1.77. The second kappa shape index (κ2) is 7.62. The van der Waals surface area contributed by atoms with E-state index in [0.717, 1.165) is 55.1 Å². The van der Waals surface area contributed by atoms with Crippen LogP contribution in [-0.4, -0.2) is 27.3 Å². The van der Waals surface area contributed by atoms with Gasteiger partial charge in [-0.2, -0.15) is 4.68 Å². The molecule has 3 aromatic rings. The highest BCUT2D eigenvalue weighted by atomic mass is 16.5. The highest BCUT2D eigenvalue weighted by molar-refractivity contribution is 5.52. The Morgan fingerprint density at radius 3 is 2.54 bits per heavy atom. The van der Waals surface area contributed by atoms with Crippen LogP contribution < -0.4 is 10.1 Å². The van der Waals surface area contributed by atoms with Crippen molar-refractivity contribution in [2.75, 3.05) is 12.4 Å². The second-order valence-electron chi connectivity index (χ2n) is 7.49. The molecule has 0 saturated heterocycles. The number of hydrogen-bond acceptors (Lipinski definition) is 5. The van der Waals surface area contributed by atoms with E-state index in [1.165, 1.54) is 11.1 Å². The molecule has 0 aliphatic heterocycles. The molecule has 0 radical (unpaired) electrons. The van der Waals surface area contributed by atoms with Crippen LogP contribution in [0.2, 0.25) is 0 Å². The molecule has 1 heterocycles. The molecule has 0 spiro atoms. The Morgan fingerprint density at radius 1 is 1.11 bits per heavy atom. The third kappa shape index (κ3) is 3.23. The van der Waals surface area contributed by atoms with Gasteiger partial charge < -0.3 is 10.1 Å². The van der Waals surface area contributed by atoms with E-state index in [1.54, 1.807) is 7.11 Å². The summed E-state index contributed by atoms with van der Waals surface area (Å²) >= 11 is 0. The molecule has 2 aromatic carbocycles. The predicted octanol–water partition coefficient (Wildman–Crippen LogP) is 4.42. The van der Waals surface area contributed by atoms with Crippen molar-refractivity contribution in [3.63, 3.8) is 0 Å². The summed E-state index contributed by atoms with van der Waals surface area (Å²) < 4.78 is 7.24. The van der Waals surface area contributed by atoms with Crippen LogP contribution in [0.15, 0.2) is 42.5 Å². The molecule has 6 heteroatoms. The van der Waals surface area contributed by atoms with E-state index in [-0.39, 0.29) is 5.54 Å². The lowest BCUT2D eigenvalue weighted by Gasteiger charge is -2.30. The SMILES string of the molecule is CCc1cccc(C)c1-n1nnnc1C1(Nc2ccc(OC)cc2)CCCC1. The lowest BCUT2D eigenvalue weighted by Crippen LogP contribution is -2.35. The third-order valence-corrected chi connectivity index (χ3v) is 5.74. The van der Waals surface area contributed by atoms with Gasteiger partial charge >= 0.3 is 0 Å². The first-order chi connectivity index (χ1) is 13.7. The minimum absolute atomic E-state index is 0.272. The summed E-state index contributed by atoms with van der Waals surface area (Å²) in [7, 11) is 1.68. The lowest BCUT2D eigenvalue weighted by atomic mass is 9.95. The average molecular weight is 377 g/mol. The standard InChI is InChI=1S/C22H27N5O/c1-4-17-9-7-8-16(2)20(17)27-21(24-25-26-27)22(14-5-6-15-22)23-18-10-12-19(28-3)13-11-18/h7-13,23H,4-6,14-15H2,1-3H3. The van der Waals surface area contributed by atoms with Gasteiger partial charge in [-0.3, -0.25) is 0 Å². The highest BCUT2D eigenvalue weighted by Gasteiger charge is 2.41. The van der Waals surface area contributed by atoms with Crippen LogP contribution in [-0.2, 0) is 12.0 Å². The molecule has 1 aliphatic rings. The Hall–Kier alpha value is -2.89. The van der Waals surface area contributed by atoms with Gasteiger partial charge in [-0.1, -0.05) is 38.0 Å². The number of para-hydroxylation sites is 1. The van der Waals surface area contributed by atoms with Gasteiger partial charge in [0.1, 0.15) is 5.75 Å². The van der Waals surface area contributed by atoms with Gasteiger partial charge in [0.15, 0.2) is 5.82 Å². The number of nitrogens with zero attached hydrogens (tertiary/aromatic N) is 4. The van der Waals surface area contributed by atoms with E-state index in [4.69, 9.17) is 4.74 Å². The molecule has 1 aromatic heterocycles.